The van der Waals surface area contributed by atoms with Gasteiger partial charge in [-0.05, 0) is 35.9 Å². The van der Waals surface area contributed by atoms with Crippen molar-refractivity contribution in [1.82, 2.24) is 4.98 Å². The van der Waals surface area contributed by atoms with Crippen molar-refractivity contribution in [3.05, 3.63) is 60.7 Å². The van der Waals surface area contributed by atoms with E-state index in [4.69, 9.17) is 5.73 Å². The Kier molecular flexibility index (Phi) is 2.42. The molecular formula is C18H14N2O. The van der Waals surface area contributed by atoms with E-state index in [2.05, 4.69) is 17.1 Å². The molecule has 0 fully saturated rings. The van der Waals surface area contributed by atoms with Crippen LogP contribution in [0.2, 0.25) is 0 Å². The van der Waals surface area contributed by atoms with Gasteiger partial charge in [-0.3, -0.25) is 0 Å². The van der Waals surface area contributed by atoms with Crippen LogP contribution < -0.4 is 5.73 Å². The Morgan fingerprint density at radius 3 is 2.38 bits per heavy atom. The molecule has 4 N–H and O–H groups in total. The maximum atomic E-state index is 9.48. The molecule has 3 aromatic carbocycles. The van der Waals surface area contributed by atoms with E-state index in [0.29, 0.717) is 0 Å². The molecular weight excluding hydrogens is 260 g/mol. The zero-order valence-corrected chi connectivity index (χ0v) is 11.3. The molecule has 0 atom stereocenters. The fraction of sp³-hybridized carbons (Fsp3) is 0. The highest BCUT2D eigenvalue weighted by Crippen LogP contribution is 2.38. The van der Waals surface area contributed by atoms with Crippen molar-refractivity contribution in [1.29, 1.82) is 0 Å². The molecule has 0 spiro atoms. The summed E-state index contributed by atoms with van der Waals surface area (Å²) in [4.78, 5) is 3.42. The predicted octanol–water partition coefficient (Wildman–Crippen LogP) is 4.28. The highest BCUT2D eigenvalue weighted by atomic mass is 16.3. The molecule has 1 aromatic heterocycles. The summed E-state index contributed by atoms with van der Waals surface area (Å²) < 4.78 is 0. The second-order valence-corrected chi connectivity index (χ2v) is 5.17. The first-order valence-corrected chi connectivity index (χ1v) is 6.82. The van der Waals surface area contributed by atoms with Crippen molar-refractivity contribution >= 4 is 27.5 Å². The van der Waals surface area contributed by atoms with Crippen LogP contribution in [0.5, 0.6) is 5.75 Å². The van der Waals surface area contributed by atoms with Crippen molar-refractivity contribution in [3.8, 4) is 16.9 Å². The number of aromatic amines is 1. The van der Waals surface area contributed by atoms with Gasteiger partial charge < -0.3 is 15.8 Å². The lowest BCUT2D eigenvalue weighted by Gasteiger charge is -2.08. The Balaban J connectivity index is 2.16. The third kappa shape index (κ3) is 1.75. The highest BCUT2D eigenvalue weighted by molar-refractivity contribution is 6.16. The van der Waals surface area contributed by atoms with Crippen LogP contribution in [0.1, 0.15) is 0 Å². The number of anilines is 1. The number of nitrogens with one attached hydrogen (secondary N) is 1. The van der Waals surface area contributed by atoms with Crippen LogP contribution in [0.4, 0.5) is 5.69 Å². The molecule has 0 radical (unpaired) electrons. The summed E-state index contributed by atoms with van der Waals surface area (Å²) in [5.74, 6) is 0.253. The van der Waals surface area contributed by atoms with Crippen LogP contribution in [-0.2, 0) is 0 Å². The van der Waals surface area contributed by atoms with Gasteiger partial charge in [-0.2, -0.15) is 0 Å². The third-order valence-corrected chi connectivity index (χ3v) is 3.86. The molecule has 0 unspecified atom stereocenters. The van der Waals surface area contributed by atoms with Gasteiger partial charge in [0, 0.05) is 33.1 Å². The molecule has 21 heavy (non-hydrogen) atoms. The number of hydrogen-bond donors (Lipinski definition) is 3. The van der Waals surface area contributed by atoms with Crippen LogP contribution in [0.3, 0.4) is 0 Å². The zero-order chi connectivity index (χ0) is 14.4. The number of nitrogen functional groups attached to an aromatic ring is 1. The number of H-pyrrole nitrogens is 1. The summed E-state index contributed by atoms with van der Waals surface area (Å²) in [5, 5.41) is 11.8. The molecule has 102 valence electrons. The number of rotatable bonds is 1. The normalized spacial score (nSPS) is 11.2. The number of phenols is 1. The summed E-state index contributed by atoms with van der Waals surface area (Å²) in [6.45, 7) is 0. The van der Waals surface area contributed by atoms with Gasteiger partial charge in [0.2, 0.25) is 0 Å². The van der Waals surface area contributed by atoms with E-state index in [9.17, 15) is 5.11 Å². The van der Waals surface area contributed by atoms with Crippen LogP contribution >= 0.6 is 0 Å². The Morgan fingerprint density at radius 1 is 0.810 bits per heavy atom. The van der Waals surface area contributed by atoms with Gasteiger partial charge in [-0.25, -0.2) is 0 Å². The van der Waals surface area contributed by atoms with Gasteiger partial charge in [0.15, 0.2) is 0 Å². The third-order valence-electron chi connectivity index (χ3n) is 3.86. The van der Waals surface area contributed by atoms with Gasteiger partial charge in [-0.1, -0.05) is 30.3 Å². The Bertz CT molecular complexity index is 952. The average molecular weight is 274 g/mol. The van der Waals surface area contributed by atoms with Gasteiger partial charge in [-0.15, -0.1) is 0 Å². The number of aromatic nitrogens is 1. The van der Waals surface area contributed by atoms with Crippen LogP contribution in [0.25, 0.3) is 32.9 Å². The van der Waals surface area contributed by atoms with Gasteiger partial charge in [0.05, 0.1) is 0 Å². The van der Waals surface area contributed by atoms with Crippen LogP contribution in [0.15, 0.2) is 60.7 Å². The largest absolute Gasteiger partial charge is 0.508 e. The number of fused-ring (bicyclic) bond motifs is 3. The molecule has 0 saturated carbocycles. The molecule has 4 aromatic rings. The van der Waals surface area contributed by atoms with Crippen molar-refractivity contribution in [3.63, 3.8) is 0 Å². The maximum absolute atomic E-state index is 9.48. The zero-order valence-electron chi connectivity index (χ0n) is 11.3. The number of hydrogen-bond acceptors (Lipinski definition) is 2. The van der Waals surface area contributed by atoms with Crippen LogP contribution in [-0.4, -0.2) is 10.1 Å². The summed E-state index contributed by atoms with van der Waals surface area (Å²) in [6, 6.07) is 19.3. The number of nitrogens with two attached hydrogens (primary N) is 1. The number of aromatic hydroxyl groups is 1. The minimum absolute atomic E-state index is 0.253. The Morgan fingerprint density at radius 2 is 1.57 bits per heavy atom. The molecule has 3 heteroatoms. The molecule has 0 aliphatic heterocycles. The molecule has 0 bridgehead atoms. The lowest BCUT2D eigenvalue weighted by Crippen LogP contribution is -1.90. The molecule has 0 aliphatic carbocycles. The Labute approximate surface area is 121 Å². The number of phenolic OH excluding ortho intramolecular Hbond substituents is 1. The first kappa shape index (κ1) is 11.9. The second-order valence-electron chi connectivity index (χ2n) is 5.17. The summed E-state index contributed by atoms with van der Waals surface area (Å²) in [5.41, 5.74) is 11.1. The summed E-state index contributed by atoms with van der Waals surface area (Å²) in [7, 11) is 0. The molecule has 3 nitrogen and oxygen atoms in total. The van der Waals surface area contributed by atoms with E-state index in [0.717, 1.165) is 38.6 Å². The smallest absolute Gasteiger partial charge is 0.115 e. The molecule has 0 aliphatic rings. The van der Waals surface area contributed by atoms with E-state index in [-0.39, 0.29) is 5.75 Å². The lowest BCUT2D eigenvalue weighted by atomic mass is 9.97. The SMILES string of the molecule is Nc1ccc2[nH]c3ccccc3c2c1-c1ccc(O)cc1. The Hall–Kier alpha value is -2.94. The molecule has 0 saturated heterocycles. The second kappa shape index (κ2) is 4.28. The molecule has 0 amide bonds. The number of para-hydroxylation sites is 1. The van der Waals surface area contributed by atoms with Crippen molar-refractivity contribution in [2.45, 2.75) is 0 Å². The topological polar surface area (TPSA) is 62.0 Å². The van der Waals surface area contributed by atoms with E-state index in [1.54, 1.807) is 12.1 Å². The van der Waals surface area contributed by atoms with E-state index >= 15 is 0 Å². The van der Waals surface area contributed by atoms with E-state index in [1.165, 1.54) is 0 Å². The van der Waals surface area contributed by atoms with Crippen LogP contribution in [0, 0.1) is 0 Å². The van der Waals surface area contributed by atoms with Gasteiger partial charge >= 0.3 is 0 Å². The molecule has 1 heterocycles. The minimum Gasteiger partial charge on any atom is -0.508 e. The average Bonchev–Trinajstić information content (AvgIpc) is 2.87. The number of benzene rings is 3. The first-order chi connectivity index (χ1) is 10.2. The fourth-order valence-electron chi connectivity index (χ4n) is 2.90. The van der Waals surface area contributed by atoms with Crippen molar-refractivity contribution < 1.29 is 5.11 Å². The van der Waals surface area contributed by atoms with Crippen molar-refractivity contribution in [2.24, 2.45) is 0 Å². The summed E-state index contributed by atoms with van der Waals surface area (Å²) in [6.07, 6.45) is 0. The quantitative estimate of drug-likeness (QED) is 0.454. The minimum atomic E-state index is 0.253. The monoisotopic (exact) mass is 274 g/mol. The predicted molar refractivity (Wildman–Crippen MR) is 87.3 cm³/mol. The first-order valence-electron chi connectivity index (χ1n) is 6.82. The lowest BCUT2D eigenvalue weighted by molar-refractivity contribution is 0.475. The van der Waals surface area contributed by atoms with E-state index < -0.39 is 0 Å². The molecule has 4 rings (SSSR count). The van der Waals surface area contributed by atoms with Gasteiger partial charge in [0.25, 0.3) is 0 Å². The maximum Gasteiger partial charge on any atom is 0.115 e. The standard InChI is InChI=1S/C18H14N2O/c19-14-9-10-16-18(13-3-1-2-4-15(13)20-16)17(14)11-5-7-12(21)8-6-11/h1-10,20-21H,19H2. The summed E-state index contributed by atoms with van der Waals surface area (Å²) >= 11 is 0. The highest BCUT2D eigenvalue weighted by Gasteiger charge is 2.13. The fourth-order valence-corrected chi connectivity index (χ4v) is 2.90. The van der Waals surface area contributed by atoms with E-state index in [1.807, 2.05) is 36.4 Å². The van der Waals surface area contributed by atoms with Gasteiger partial charge in [0.1, 0.15) is 5.75 Å². The van der Waals surface area contributed by atoms with Crippen molar-refractivity contribution in [2.75, 3.05) is 5.73 Å².